The van der Waals surface area contributed by atoms with Gasteiger partial charge in [0, 0.05) is 18.1 Å². The lowest BCUT2D eigenvalue weighted by atomic mass is 9.88. The van der Waals surface area contributed by atoms with Crippen LogP contribution in [0.25, 0.3) is 0 Å². The normalized spacial score (nSPS) is 13.3. The van der Waals surface area contributed by atoms with Crippen molar-refractivity contribution in [2.45, 2.75) is 44.1 Å². The van der Waals surface area contributed by atoms with Gasteiger partial charge in [-0.2, -0.15) is 26.3 Å². The van der Waals surface area contributed by atoms with Gasteiger partial charge in [0.1, 0.15) is 6.04 Å². The summed E-state index contributed by atoms with van der Waals surface area (Å²) in [6, 6.07) is 2.98. The Hall–Kier alpha value is -4.17. The molecule has 0 heterocycles. The van der Waals surface area contributed by atoms with Crippen molar-refractivity contribution >= 4 is 23.5 Å². The first-order chi connectivity index (χ1) is 17.5. The fraction of sp³-hybridized carbons (Fsp3) is 0.348. The Labute approximate surface area is 210 Å². The summed E-state index contributed by atoms with van der Waals surface area (Å²) in [5.41, 5.74) is -4.29. The van der Waals surface area contributed by atoms with E-state index in [0.29, 0.717) is 12.1 Å². The van der Waals surface area contributed by atoms with Crippen LogP contribution in [0.4, 0.5) is 32.0 Å². The standard InChI is InChI=1S/C23H20F6N2O7/c1-2-38-19(33)11-17(13-3-5-16(6-4-13)31(36)37)20(21(34)35)30-18(32)9-12-7-14(22(24,25)26)10-15(8-12)23(27,28)29/h3-8,10,17,20H,2,9,11H2,1H3,(H,30,32)(H,34,35)/t17-,20+/m1/s1. The third-order valence-corrected chi connectivity index (χ3v) is 5.22. The molecule has 15 heteroatoms. The van der Waals surface area contributed by atoms with Gasteiger partial charge in [-0.3, -0.25) is 19.7 Å². The number of esters is 1. The molecule has 0 aliphatic heterocycles. The van der Waals surface area contributed by atoms with E-state index in [9.17, 15) is 55.9 Å². The lowest BCUT2D eigenvalue weighted by Crippen LogP contribution is -2.46. The van der Waals surface area contributed by atoms with E-state index >= 15 is 0 Å². The van der Waals surface area contributed by atoms with Crippen LogP contribution in [0.2, 0.25) is 0 Å². The lowest BCUT2D eigenvalue weighted by Gasteiger charge is -2.25. The van der Waals surface area contributed by atoms with Crippen molar-refractivity contribution in [3.63, 3.8) is 0 Å². The van der Waals surface area contributed by atoms with E-state index in [2.05, 4.69) is 0 Å². The molecule has 2 aromatic carbocycles. The summed E-state index contributed by atoms with van der Waals surface area (Å²) in [4.78, 5) is 46.9. The number of hydrogen-bond acceptors (Lipinski definition) is 6. The third-order valence-electron chi connectivity index (χ3n) is 5.22. The van der Waals surface area contributed by atoms with Gasteiger partial charge in [0.25, 0.3) is 5.69 Å². The molecular formula is C23H20F6N2O7. The van der Waals surface area contributed by atoms with Crippen LogP contribution in [-0.2, 0) is 37.9 Å². The summed E-state index contributed by atoms with van der Waals surface area (Å²) in [7, 11) is 0. The fourth-order valence-electron chi connectivity index (χ4n) is 3.54. The second kappa shape index (κ2) is 11.9. The number of nitro benzene ring substituents is 1. The van der Waals surface area contributed by atoms with E-state index in [0.717, 1.165) is 24.3 Å². The number of non-ortho nitro benzene ring substituents is 1. The monoisotopic (exact) mass is 550 g/mol. The van der Waals surface area contributed by atoms with E-state index < -0.39 is 76.6 Å². The number of carboxylic acid groups (broad SMARTS) is 1. The first kappa shape index (κ1) is 30.1. The number of halogens is 6. The molecule has 38 heavy (non-hydrogen) atoms. The Morgan fingerprint density at radius 3 is 1.95 bits per heavy atom. The predicted molar refractivity (Wildman–Crippen MR) is 117 cm³/mol. The first-order valence-corrected chi connectivity index (χ1v) is 10.7. The summed E-state index contributed by atoms with van der Waals surface area (Å²) in [6.45, 7) is 1.40. The first-order valence-electron chi connectivity index (χ1n) is 10.7. The van der Waals surface area contributed by atoms with Gasteiger partial charge in [-0.15, -0.1) is 0 Å². The predicted octanol–water partition coefficient (Wildman–Crippen LogP) is 4.48. The second-order valence-corrected chi connectivity index (χ2v) is 7.94. The summed E-state index contributed by atoms with van der Waals surface area (Å²) in [5.74, 6) is -5.18. The highest BCUT2D eigenvalue weighted by molar-refractivity contribution is 5.86. The summed E-state index contributed by atoms with van der Waals surface area (Å²) < 4.78 is 83.5. The molecule has 0 fully saturated rings. The molecule has 0 bridgehead atoms. The van der Waals surface area contributed by atoms with E-state index in [1.807, 2.05) is 5.32 Å². The van der Waals surface area contributed by atoms with Crippen molar-refractivity contribution in [3.05, 3.63) is 74.8 Å². The highest BCUT2D eigenvalue weighted by Crippen LogP contribution is 2.36. The Kier molecular flexibility index (Phi) is 9.43. The molecule has 0 aliphatic carbocycles. The minimum absolute atomic E-state index is 0.0646. The number of ether oxygens (including phenoxy) is 1. The third kappa shape index (κ3) is 8.18. The summed E-state index contributed by atoms with van der Waals surface area (Å²) >= 11 is 0. The fourth-order valence-corrected chi connectivity index (χ4v) is 3.54. The van der Waals surface area contributed by atoms with Gasteiger partial charge in [-0.05, 0) is 36.2 Å². The quantitative estimate of drug-likeness (QED) is 0.193. The van der Waals surface area contributed by atoms with E-state index in [-0.39, 0.29) is 23.9 Å². The Morgan fingerprint density at radius 2 is 1.53 bits per heavy atom. The zero-order chi connectivity index (χ0) is 28.8. The smallest absolute Gasteiger partial charge is 0.416 e. The van der Waals surface area contributed by atoms with Gasteiger partial charge < -0.3 is 15.2 Å². The van der Waals surface area contributed by atoms with Crippen molar-refractivity contribution < 1.29 is 55.5 Å². The minimum atomic E-state index is -5.16. The van der Waals surface area contributed by atoms with Gasteiger partial charge in [0.05, 0.1) is 35.5 Å². The summed E-state index contributed by atoms with van der Waals surface area (Å²) in [5, 5.41) is 22.7. The molecule has 2 aromatic rings. The molecule has 0 aromatic heterocycles. The molecule has 2 N–H and O–H groups in total. The molecule has 0 radical (unpaired) electrons. The summed E-state index contributed by atoms with van der Waals surface area (Å²) in [6.07, 6.45) is -12.0. The molecule has 206 valence electrons. The molecule has 0 unspecified atom stereocenters. The van der Waals surface area contributed by atoms with Crippen LogP contribution in [0, 0.1) is 10.1 Å². The second-order valence-electron chi connectivity index (χ2n) is 7.94. The van der Waals surface area contributed by atoms with Gasteiger partial charge >= 0.3 is 24.3 Å². The Balaban J connectivity index is 2.41. The lowest BCUT2D eigenvalue weighted by molar-refractivity contribution is -0.384. The SMILES string of the molecule is CCOC(=O)C[C@H](c1ccc([N+](=O)[O-])cc1)[C@H](NC(=O)Cc1cc(C(F)(F)F)cc(C(F)(F)F)c1)C(=O)O. The van der Waals surface area contributed by atoms with Crippen molar-refractivity contribution in [2.75, 3.05) is 6.61 Å². The number of aliphatic carboxylic acids is 1. The maximum atomic E-state index is 13.1. The average molecular weight is 550 g/mol. The molecule has 2 rings (SSSR count). The molecule has 0 aliphatic rings. The van der Waals surface area contributed by atoms with Crippen molar-refractivity contribution in [1.82, 2.24) is 5.32 Å². The molecule has 9 nitrogen and oxygen atoms in total. The topological polar surface area (TPSA) is 136 Å². The number of alkyl halides is 6. The van der Waals surface area contributed by atoms with Crippen LogP contribution >= 0.6 is 0 Å². The van der Waals surface area contributed by atoms with Crippen LogP contribution in [0.3, 0.4) is 0 Å². The van der Waals surface area contributed by atoms with Crippen LogP contribution in [-0.4, -0.2) is 40.5 Å². The number of hydrogen-bond donors (Lipinski definition) is 2. The van der Waals surface area contributed by atoms with Crippen molar-refractivity contribution in [2.24, 2.45) is 0 Å². The van der Waals surface area contributed by atoms with Gasteiger partial charge in [0.15, 0.2) is 0 Å². The van der Waals surface area contributed by atoms with Crippen molar-refractivity contribution in [3.8, 4) is 0 Å². The van der Waals surface area contributed by atoms with E-state index in [1.54, 1.807) is 0 Å². The van der Waals surface area contributed by atoms with Crippen LogP contribution in [0.5, 0.6) is 0 Å². The zero-order valence-corrected chi connectivity index (χ0v) is 19.4. The van der Waals surface area contributed by atoms with Gasteiger partial charge in [0.2, 0.25) is 5.91 Å². The van der Waals surface area contributed by atoms with E-state index in [4.69, 9.17) is 4.74 Å². The zero-order valence-electron chi connectivity index (χ0n) is 19.4. The number of benzene rings is 2. The number of amides is 1. The number of rotatable bonds is 10. The molecule has 2 atom stereocenters. The molecule has 0 saturated carbocycles. The van der Waals surface area contributed by atoms with Gasteiger partial charge in [-0.1, -0.05) is 12.1 Å². The van der Waals surface area contributed by atoms with Crippen LogP contribution < -0.4 is 5.32 Å². The van der Waals surface area contributed by atoms with Gasteiger partial charge in [-0.25, -0.2) is 4.79 Å². The molecule has 1 amide bonds. The van der Waals surface area contributed by atoms with Crippen LogP contribution in [0.15, 0.2) is 42.5 Å². The van der Waals surface area contributed by atoms with Crippen molar-refractivity contribution in [1.29, 1.82) is 0 Å². The number of carbonyl (C=O) groups is 3. The number of nitrogens with one attached hydrogen (secondary N) is 1. The Morgan fingerprint density at radius 1 is 1.00 bits per heavy atom. The van der Waals surface area contributed by atoms with E-state index in [1.165, 1.54) is 6.92 Å². The minimum Gasteiger partial charge on any atom is -0.480 e. The average Bonchev–Trinajstić information content (AvgIpc) is 2.80. The maximum absolute atomic E-state index is 13.1. The highest BCUT2D eigenvalue weighted by Gasteiger charge is 2.38. The van der Waals surface area contributed by atoms with Crippen LogP contribution in [0.1, 0.15) is 41.5 Å². The number of nitrogens with zero attached hydrogens (tertiary/aromatic N) is 1. The number of nitro groups is 1. The number of carbonyl (C=O) groups excluding carboxylic acids is 2. The maximum Gasteiger partial charge on any atom is 0.416 e. The molecule has 0 spiro atoms. The highest BCUT2D eigenvalue weighted by atomic mass is 19.4. The molecular weight excluding hydrogens is 530 g/mol. The molecule has 0 saturated heterocycles. The number of carboxylic acids is 1. The largest absolute Gasteiger partial charge is 0.480 e. The Bertz CT molecular complexity index is 1160.